The van der Waals surface area contributed by atoms with Crippen molar-refractivity contribution in [1.29, 1.82) is 0 Å². The lowest BCUT2D eigenvalue weighted by atomic mass is 9.62. The second kappa shape index (κ2) is 4.49. The number of hydrogen-bond acceptors (Lipinski definition) is 1. The van der Waals surface area contributed by atoms with Gasteiger partial charge in [-0.3, -0.25) is 0 Å². The van der Waals surface area contributed by atoms with Crippen LogP contribution in [0.25, 0.3) is 10.9 Å². The Morgan fingerprint density at radius 2 is 2.17 bits per heavy atom. The van der Waals surface area contributed by atoms with Crippen LogP contribution in [0.3, 0.4) is 0 Å². The van der Waals surface area contributed by atoms with E-state index in [-0.39, 0.29) is 0 Å². The summed E-state index contributed by atoms with van der Waals surface area (Å²) >= 11 is 0. The Morgan fingerprint density at radius 3 is 2.96 bits per heavy atom. The molecule has 3 saturated heterocycles. The first-order valence-corrected chi connectivity index (χ1v) is 8.87. The fraction of sp³-hybridized carbons (Fsp3) is 0.500. The van der Waals surface area contributed by atoms with Gasteiger partial charge in [-0.15, -0.1) is 0 Å². The Kier molecular flexibility index (Phi) is 2.70. The second-order valence-corrected chi connectivity index (χ2v) is 7.91. The number of aliphatic hydroxyl groups is 1. The number of nitrogens with one attached hydrogen (secondary N) is 1. The fourth-order valence-electron chi connectivity index (χ4n) is 6.02. The van der Waals surface area contributed by atoms with Gasteiger partial charge in [-0.2, -0.15) is 0 Å². The van der Waals surface area contributed by atoms with E-state index in [1.165, 1.54) is 28.6 Å². The molecule has 4 aliphatic heterocycles. The Balaban J connectivity index is 1.73. The first kappa shape index (κ1) is 13.8. The van der Waals surface area contributed by atoms with E-state index in [9.17, 15) is 5.11 Å². The minimum absolute atomic E-state index is 0.324. The molecule has 3 nitrogen and oxygen atoms in total. The van der Waals surface area contributed by atoms with Crippen molar-refractivity contribution in [2.45, 2.75) is 31.8 Å². The van der Waals surface area contributed by atoms with Gasteiger partial charge in [-0.05, 0) is 24.1 Å². The maximum Gasteiger partial charge on any atom is 0.131 e. The molecule has 0 amide bonds. The number of piperidine rings is 3. The molecule has 2 aromatic rings. The van der Waals surface area contributed by atoms with Gasteiger partial charge < -0.3 is 14.6 Å². The van der Waals surface area contributed by atoms with Gasteiger partial charge in [-0.25, -0.2) is 0 Å². The molecule has 0 radical (unpaired) electrons. The monoisotopic (exact) mass is 309 g/mol. The molecule has 4 bridgehead atoms. The smallest absolute Gasteiger partial charge is 0.131 e. The van der Waals surface area contributed by atoms with Crippen molar-refractivity contribution >= 4 is 10.9 Å². The average Bonchev–Trinajstić information content (AvgIpc) is 2.92. The van der Waals surface area contributed by atoms with Gasteiger partial charge in [0.15, 0.2) is 0 Å². The third kappa shape index (κ3) is 1.57. The molecule has 120 valence electrons. The quantitative estimate of drug-likeness (QED) is 0.616. The van der Waals surface area contributed by atoms with Crippen molar-refractivity contribution < 1.29 is 9.59 Å². The lowest BCUT2D eigenvalue weighted by Crippen LogP contribution is -2.70. The van der Waals surface area contributed by atoms with Crippen LogP contribution in [0, 0.1) is 11.8 Å². The number of likely N-dealkylation sites (N-methyl/N-ethyl adjacent to an activating group) is 1. The van der Waals surface area contributed by atoms with Crippen molar-refractivity contribution in [3.63, 3.8) is 0 Å². The van der Waals surface area contributed by atoms with E-state index >= 15 is 0 Å². The van der Waals surface area contributed by atoms with Crippen molar-refractivity contribution in [3.05, 3.63) is 47.2 Å². The second-order valence-electron chi connectivity index (χ2n) is 7.91. The molecule has 2 N–H and O–H groups in total. The standard InChI is InChI=1S/C20H25N2O/c1-3-12-10-22(2)18-9-15-13-6-4-5-7-17(13)21-20(15)19(22)8-14(12)16(18)11-23/h3-7,14,16,18-19,21,23H,8-11H2,1-2H3/q+1/b12-3-/t14-,16+,18-,19+,22+/m1/s1. The zero-order valence-electron chi connectivity index (χ0n) is 13.9. The molecule has 0 aliphatic carbocycles. The summed E-state index contributed by atoms with van der Waals surface area (Å²) in [6.45, 7) is 3.65. The van der Waals surface area contributed by atoms with Crippen molar-refractivity contribution in [1.82, 2.24) is 4.98 Å². The van der Waals surface area contributed by atoms with E-state index in [0.29, 0.717) is 30.5 Å². The van der Waals surface area contributed by atoms with Crippen LogP contribution in [0.2, 0.25) is 0 Å². The normalized spacial score (nSPS) is 39.9. The Bertz CT molecular complexity index is 820. The topological polar surface area (TPSA) is 36.0 Å². The zero-order chi connectivity index (χ0) is 15.8. The zero-order valence-corrected chi connectivity index (χ0v) is 13.9. The van der Waals surface area contributed by atoms with Gasteiger partial charge in [0.1, 0.15) is 12.6 Å². The highest BCUT2D eigenvalue weighted by Crippen LogP contribution is 2.57. The predicted molar refractivity (Wildman–Crippen MR) is 92.0 cm³/mol. The Labute approximate surface area is 137 Å². The molecule has 0 saturated carbocycles. The SMILES string of the molecule is C/C=C1/C[N@@+]2(C)[C@@H]3Cc4c([nH]c5ccccc45)[C@@H]2C[C@H]1[C@@H]3CO. The summed E-state index contributed by atoms with van der Waals surface area (Å²) < 4.78 is 1.08. The number of aromatic nitrogens is 1. The van der Waals surface area contributed by atoms with E-state index in [1.54, 1.807) is 5.57 Å². The van der Waals surface area contributed by atoms with Crippen LogP contribution in [0.1, 0.15) is 30.6 Å². The van der Waals surface area contributed by atoms with Crippen LogP contribution in [0.15, 0.2) is 35.9 Å². The van der Waals surface area contributed by atoms with Gasteiger partial charge in [0, 0.05) is 35.6 Å². The van der Waals surface area contributed by atoms with Crippen LogP contribution in [-0.2, 0) is 6.42 Å². The highest BCUT2D eigenvalue weighted by molar-refractivity contribution is 5.85. The Hall–Kier alpha value is -1.58. The molecule has 6 rings (SSSR count). The molecule has 0 spiro atoms. The molecular formula is C20H25N2O+. The van der Waals surface area contributed by atoms with Crippen LogP contribution >= 0.6 is 0 Å². The molecule has 5 atom stereocenters. The lowest BCUT2D eigenvalue weighted by Gasteiger charge is -2.62. The van der Waals surface area contributed by atoms with E-state index in [4.69, 9.17) is 0 Å². The van der Waals surface area contributed by atoms with Gasteiger partial charge >= 0.3 is 0 Å². The number of quaternary nitrogens is 1. The lowest BCUT2D eigenvalue weighted by molar-refractivity contribution is -0.978. The van der Waals surface area contributed by atoms with Crippen LogP contribution in [0.5, 0.6) is 0 Å². The largest absolute Gasteiger partial charge is 0.396 e. The van der Waals surface area contributed by atoms with Crippen LogP contribution in [-0.4, -0.2) is 40.8 Å². The average molecular weight is 309 g/mol. The number of hydrogen-bond donors (Lipinski definition) is 2. The highest BCUT2D eigenvalue weighted by atomic mass is 16.3. The minimum Gasteiger partial charge on any atom is -0.396 e. The van der Waals surface area contributed by atoms with E-state index in [0.717, 1.165) is 17.4 Å². The predicted octanol–water partition coefficient (Wildman–Crippen LogP) is 3.17. The first-order valence-electron chi connectivity index (χ1n) is 8.87. The number of para-hydroxylation sites is 1. The number of aromatic amines is 1. The third-order valence-corrected chi connectivity index (χ3v) is 7.13. The summed E-state index contributed by atoms with van der Waals surface area (Å²) in [5.74, 6) is 0.984. The van der Waals surface area contributed by atoms with Gasteiger partial charge in [0.05, 0.1) is 25.4 Å². The number of benzene rings is 1. The van der Waals surface area contributed by atoms with E-state index in [2.05, 4.69) is 49.3 Å². The molecule has 1 aromatic heterocycles. The van der Waals surface area contributed by atoms with Crippen molar-refractivity contribution in [2.75, 3.05) is 20.2 Å². The maximum absolute atomic E-state index is 10.1. The summed E-state index contributed by atoms with van der Waals surface area (Å²) in [6.07, 6.45) is 4.59. The number of nitrogens with zero attached hydrogens (tertiary/aromatic N) is 1. The van der Waals surface area contributed by atoms with E-state index in [1.807, 2.05) is 0 Å². The minimum atomic E-state index is 0.324. The summed E-state index contributed by atoms with van der Waals surface area (Å²) in [5.41, 5.74) is 5.84. The molecule has 0 unspecified atom stereocenters. The summed E-state index contributed by atoms with van der Waals surface area (Å²) in [5, 5.41) is 11.5. The molecule has 5 heterocycles. The first-order chi connectivity index (χ1) is 11.2. The molecule has 1 aromatic carbocycles. The van der Waals surface area contributed by atoms with Gasteiger partial charge in [-0.1, -0.05) is 24.3 Å². The molecule has 23 heavy (non-hydrogen) atoms. The molecule has 3 heteroatoms. The molecule has 4 aliphatic rings. The van der Waals surface area contributed by atoms with Gasteiger partial charge in [0.25, 0.3) is 0 Å². The maximum atomic E-state index is 10.1. The fourth-order valence-corrected chi connectivity index (χ4v) is 6.02. The van der Waals surface area contributed by atoms with Crippen LogP contribution < -0.4 is 0 Å². The summed E-state index contributed by atoms with van der Waals surface area (Å²) in [7, 11) is 2.42. The van der Waals surface area contributed by atoms with Crippen molar-refractivity contribution in [2.24, 2.45) is 11.8 Å². The van der Waals surface area contributed by atoms with Crippen LogP contribution in [0.4, 0.5) is 0 Å². The number of H-pyrrole nitrogens is 1. The van der Waals surface area contributed by atoms with Crippen molar-refractivity contribution in [3.8, 4) is 0 Å². The molecular weight excluding hydrogens is 284 g/mol. The number of allylic oxidation sites excluding steroid dienone is 1. The van der Waals surface area contributed by atoms with E-state index < -0.39 is 0 Å². The highest BCUT2D eigenvalue weighted by Gasteiger charge is 2.61. The van der Waals surface area contributed by atoms with Gasteiger partial charge in [0.2, 0.25) is 0 Å². The number of fused-ring (bicyclic) bond motifs is 4. The summed E-state index contributed by atoms with van der Waals surface area (Å²) in [4.78, 5) is 3.75. The number of rotatable bonds is 1. The summed E-state index contributed by atoms with van der Waals surface area (Å²) in [6, 6.07) is 9.84. The number of aliphatic hydroxyl groups excluding tert-OH is 1. The Morgan fingerprint density at radius 1 is 1.35 bits per heavy atom. The molecule has 3 fully saturated rings. The third-order valence-electron chi connectivity index (χ3n) is 7.13.